The zero-order valence-electron chi connectivity index (χ0n) is 7.93. The van der Waals surface area contributed by atoms with Crippen molar-refractivity contribution in [3.63, 3.8) is 0 Å². The van der Waals surface area contributed by atoms with Crippen molar-refractivity contribution < 1.29 is 14.6 Å². The van der Waals surface area contributed by atoms with Crippen molar-refractivity contribution in [2.24, 2.45) is 5.73 Å². The molecule has 1 aliphatic rings. The maximum Gasteiger partial charge on any atom is 0.128 e. The van der Waals surface area contributed by atoms with Gasteiger partial charge < -0.3 is 20.3 Å². The van der Waals surface area contributed by atoms with Crippen LogP contribution in [0.3, 0.4) is 0 Å². The average Bonchev–Trinajstić information content (AvgIpc) is 2.23. The number of aliphatic hydroxyl groups is 1. The number of hydrogen-bond donors (Lipinski definition) is 2. The largest absolute Gasteiger partial charge is 0.497 e. The van der Waals surface area contributed by atoms with E-state index in [-0.39, 0.29) is 12.6 Å². The third kappa shape index (κ3) is 1.42. The lowest BCUT2D eigenvalue weighted by Crippen LogP contribution is -2.35. The van der Waals surface area contributed by atoms with Gasteiger partial charge in [0, 0.05) is 11.6 Å². The first-order chi connectivity index (χ1) is 6.72. The molecule has 3 N–H and O–H groups in total. The molecule has 0 aliphatic carbocycles. The second kappa shape index (κ2) is 3.48. The molecule has 0 saturated heterocycles. The van der Waals surface area contributed by atoms with Crippen LogP contribution in [-0.2, 0) is 0 Å². The van der Waals surface area contributed by atoms with E-state index < -0.39 is 6.10 Å². The Morgan fingerprint density at radius 3 is 3.07 bits per heavy atom. The zero-order valence-corrected chi connectivity index (χ0v) is 7.93. The topological polar surface area (TPSA) is 64.7 Å². The molecule has 1 heterocycles. The van der Waals surface area contributed by atoms with Crippen LogP contribution in [0, 0.1) is 0 Å². The number of fused-ring (bicyclic) bond motifs is 1. The summed E-state index contributed by atoms with van der Waals surface area (Å²) in [4.78, 5) is 0. The minimum atomic E-state index is -0.629. The third-order valence-electron chi connectivity index (χ3n) is 2.40. The van der Waals surface area contributed by atoms with Crippen LogP contribution in [0.2, 0.25) is 0 Å². The van der Waals surface area contributed by atoms with Crippen LogP contribution in [0.25, 0.3) is 0 Å². The van der Waals surface area contributed by atoms with Gasteiger partial charge in [-0.2, -0.15) is 0 Å². The maximum absolute atomic E-state index is 9.47. The van der Waals surface area contributed by atoms with Crippen molar-refractivity contribution in [1.82, 2.24) is 0 Å². The molecule has 0 amide bonds. The van der Waals surface area contributed by atoms with Gasteiger partial charge in [0.25, 0.3) is 0 Å². The normalized spacial score (nSPS) is 25.1. The molecule has 1 aliphatic heterocycles. The van der Waals surface area contributed by atoms with Gasteiger partial charge in [-0.25, -0.2) is 0 Å². The third-order valence-corrected chi connectivity index (χ3v) is 2.40. The summed E-state index contributed by atoms with van der Waals surface area (Å²) in [5, 5.41) is 9.47. The van der Waals surface area contributed by atoms with Crippen LogP contribution in [-0.4, -0.2) is 24.9 Å². The summed E-state index contributed by atoms with van der Waals surface area (Å²) < 4.78 is 10.4. The Balaban J connectivity index is 2.38. The highest BCUT2D eigenvalue weighted by Gasteiger charge is 2.26. The average molecular weight is 195 g/mol. The lowest BCUT2D eigenvalue weighted by Gasteiger charge is -2.27. The molecule has 0 spiro atoms. The molecule has 0 bridgehead atoms. The highest BCUT2D eigenvalue weighted by atomic mass is 16.5. The predicted molar refractivity (Wildman–Crippen MR) is 51.4 cm³/mol. The highest BCUT2D eigenvalue weighted by Crippen LogP contribution is 2.33. The second-order valence-corrected chi connectivity index (χ2v) is 3.31. The summed E-state index contributed by atoms with van der Waals surface area (Å²) in [6, 6.07) is 5.03. The quantitative estimate of drug-likeness (QED) is 0.682. The molecule has 4 nitrogen and oxygen atoms in total. The van der Waals surface area contributed by atoms with Crippen molar-refractivity contribution in [1.29, 1.82) is 0 Å². The van der Waals surface area contributed by atoms with E-state index >= 15 is 0 Å². The second-order valence-electron chi connectivity index (χ2n) is 3.31. The molecule has 1 aromatic carbocycles. The first-order valence-corrected chi connectivity index (χ1v) is 4.46. The molecule has 76 valence electrons. The Morgan fingerprint density at radius 1 is 1.57 bits per heavy atom. The molecule has 1 aromatic rings. The number of nitrogens with two attached hydrogens (primary N) is 1. The number of benzene rings is 1. The fraction of sp³-hybridized carbons (Fsp3) is 0.400. The van der Waals surface area contributed by atoms with Crippen molar-refractivity contribution >= 4 is 0 Å². The van der Waals surface area contributed by atoms with E-state index in [2.05, 4.69) is 0 Å². The van der Waals surface area contributed by atoms with Crippen LogP contribution in [0.4, 0.5) is 0 Å². The van der Waals surface area contributed by atoms with E-state index in [9.17, 15) is 5.11 Å². The van der Waals surface area contributed by atoms with Gasteiger partial charge in [0.1, 0.15) is 24.2 Å². The molecule has 0 fully saturated rings. The lowest BCUT2D eigenvalue weighted by molar-refractivity contribution is 0.0677. The highest BCUT2D eigenvalue weighted by molar-refractivity contribution is 5.44. The van der Waals surface area contributed by atoms with E-state index in [4.69, 9.17) is 15.2 Å². The minimum absolute atomic E-state index is 0.237. The first-order valence-electron chi connectivity index (χ1n) is 4.46. The maximum atomic E-state index is 9.47. The monoisotopic (exact) mass is 195 g/mol. The molecule has 2 unspecified atom stereocenters. The van der Waals surface area contributed by atoms with E-state index in [1.165, 1.54) is 0 Å². The number of ether oxygens (including phenoxy) is 2. The number of hydrogen-bond acceptors (Lipinski definition) is 4. The van der Waals surface area contributed by atoms with Gasteiger partial charge in [0.2, 0.25) is 0 Å². The van der Waals surface area contributed by atoms with Gasteiger partial charge in [-0.1, -0.05) is 0 Å². The molecule has 0 radical (unpaired) electrons. The SMILES string of the molecule is COc1ccc2c(c1)OCC(O)C2N. The van der Waals surface area contributed by atoms with Gasteiger partial charge in [0.15, 0.2) is 0 Å². The zero-order chi connectivity index (χ0) is 10.1. The van der Waals surface area contributed by atoms with E-state index in [1.54, 1.807) is 19.2 Å². The number of rotatable bonds is 1. The summed E-state index contributed by atoms with van der Waals surface area (Å²) in [5.74, 6) is 1.43. The molecule has 0 aromatic heterocycles. The van der Waals surface area contributed by atoms with Gasteiger partial charge in [-0.3, -0.25) is 0 Å². The molecule has 2 rings (SSSR count). The standard InChI is InChI=1S/C10H13NO3/c1-13-6-2-3-7-9(4-6)14-5-8(12)10(7)11/h2-4,8,10,12H,5,11H2,1H3. The molecule has 2 atom stereocenters. The Bertz CT molecular complexity index is 340. The lowest BCUT2D eigenvalue weighted by atomic mass is 9.99. The van der Waals surface area contributed by atoms with Crippen LogP contribution in [0.5, 0.6) is 11.5 Å². The Kier molecular flexibility index (Phi) is 2.31. The molecular formula is C10H13NO3. The fourth-order valence-electron chi connectivity index (χ4n) is 1.53. The van der Waals surface area contributed by atoms with Gasteiger partial charge in [0.05, 0.1) is 13.2 Å². The Labute approximate surface area is 82.2 Å². The summed E-state index contributed by atoms with van der Waals surface area (Å²) >= 11 is 0. The number of aliphatic hydroxyl groups excluding tert-OH is 1. The Hall–Kier alpha value is -1.26. The van der Waals surface area contributed by atoms with Gasteiger partial charge >= 0.3 is 0 Å². The van der Waals surface area contributed by atoms with Crippen molar-refractivity contribution in [2.75, 3.05) is 13.7 Å². The predicted octanol–water partition coefficient (Wildman–Crippen LogP) is 0.448. The van der Waals surface area contributed by atoms with Crippen molar-refractivity contribution in [3.05, 3.63) is 23.8 Å². The van der Waals surface area contributed by atoms with Crippen LogP contribution < -0.4 is 15.2 Å². The van der Waals surface area contributed by atoms with Gasteiger partial charge in [-0.05, 0) is 12.1 Å². The molecule has 4 heteroatoms. The van der Waals surface area contributed by atoms with Crippen LogP contribution in [0.1, 0.15) is 11.6 Å². The van der Waals surface area contributed by atoms with Crippen molar-refractivity contribution in [3.8, 4) is 11.5 Å². The fourth-order valence-corrected chi connectivity index (χ4v) is 1.53. The van der Waals surface area contributed by atoms with E-state index in [1.807, 2.05) is 6.07 Å². The number of methoxy groups -OCH3 is 1. The first kappa shape index (κ1) is 9.30. The van der Waals surface area contributed by atoms with E-state index in [0.717, 1.165) is 11.3 Å². The molecule has 0 saturated carbocycles. The summed E-state index contributed by atoms with van der Waals surface area (Å²) in [5.41, 5.74) is 6.63. The molecule has 14 heavy (non-hydrogen) atoms. The van der Waals surface area contributed by atoms with E-state index in [0.29, 0.717) is 5.75 Å². The van der Waals surface area contributed by atoms with Crippen LogP contribution in [0.15, 0.2) is 18.2 Å². The summed E-state index contributed by atoms with van der Waals surface area (Å²) in [6.07, 6.45) is -0.629. The molecular weight excluding hydrogens is 182 g/mol. The smallest absolute Gasteiger partial charge is 0.128 e. The van der Waals surface area contributed by atoms with Gasteiger partial charge in [-0.15, -0.1) is 0 Å². The summed E-state index contributed by atoms with van der Waals surface area (Å²) in [7, 11) is 1.60. The van der Waals surface area contributed by atoms with Crippen LogP contribution >= 0.6 is 0 Å². The minimum Gasteiger partial charge on any atom is -0.497 e. The van der Waals surface area contributed by atoms with Crippen molar-refractivity contribution in [2.45, 2.75) is 12.1 Å². The Morgan fingerprint density at radius 2 is 2.36 bits per heavy atom. The summed E-state index contributed by atoms with van der Waals surface area (Å²) in [6.45, 7) is 0.237.